The van der Waals surface area contributed by atoms with Crippen LogP contribution in [-0.2, 0) is 14.3 Å². The molecule has 2 unspecified atom stereocenters. The van der Waals surface area contributed by atoms with Gasteiger partial charge in [-0.1, -0.05) is 19.1 Å². The molecule has 5 heteroatoms. The van der Waals surface area contributed by atoms with Crippen LogP contribution in [-0.4, -0.2) is 25.3 Å². The smallest absolute Gasteiger partial charge is 0.456 e. The number of hydrogen-bond acceptors (Lipinski definition) is 3. The van der Waals surface area contributed by atoms with Crippen LogP contribution in [0.1, 0.15) is 26.7 Å². The summed E-state index contributed by atoms with van der Waals surface area (Å²) >= 11 is 0. The third-order valence-electron chi connectivity index (χ3n) is 2.91. The van der Waals surface area contributed by atoms with E-state index in [4.69, 9.17) is 0 Å². The molecule has 0 bridgehead atoms. The lowest BCUT2D eigenvalue weighted by Gasteiger charge is -2.26. The highest BCUT2D eigenvalue weighted by Gasteiger charge is 2.43. The highest BCUT2D eigenvalue weighted by atomic mass is 19.3. The largest absolute Gasteiger partial charge is 0.460 e. The molecule has 0 aromatic rings. The quantitative estimate of drug-likeness (QED) is 0.554. The van der Waals surface area contributed by atoms with Crippen LogP contribution >= 0.6 is 0 Å². The molecule has 0 heterocycles. The van der Waals surface area contributed by atoms with Gasteiger partial charge in [0.2, 0.25) is 0 Å². The van der Waals surface area contributed by atoms with Crippen molar-refractivity contribution in [3.05, 3.63) is 12.2 Å². The number of allylic oxidation sites excluding steroid dienone is 2. The lowest BCUT2D eigenvalue weighted by molar-refractivity contribution is -0.254. The fourth-order valence-electron chi connectivity index (χ4n) is 1.72. The normalized spacial score (nSPS) is 24.7. The van der Waals surface area contributed by atoms with E-state index in [-0.39, 0.29) is 25.0 Å². The molecule has 1 aliphatic rings. The third-order valence-corrected chi connectivity index (χ3v) is 2.91. The molecule has 0 radical (unpaired) electrons. The van der Waals surface area contributed by atoms with Crippen LogP contribution in [0, 0.1) is 11.8 Å². The number of esters is 1. The van der Waals surface area contributed by atoms with E-state index in [0.29, 0.717) is 6.42 Å². The highest BCUT2D eigenvalue weighted by Crippen LogP contribution is 2.28. The van der Waals surface area contributed by atoms with Crippen LogP contribution in [0.2, 0.25) is 0 Å². The summed E-state index contributed by atoms with van der Waals surface area (Å²) in [7, 11) is 0. The van der Waals surface area contributed by atoms with Crippen molar-refractivity contribution in [2.24, 2.45) is 11.8 Å². The van der Waals surface area contributed by atoms with E-state index in [2.05, 4.69) is 9.47 Å². The van der Waals surface area contributed by atoms with Gasteiger partial charge in [0, 0.05) is 0 Å². The van der Waals surface area contributed by atoms with Crippen molar-refractivity contribution in [2.45, 2.75) is 32.8 Å². The molecule has 0 aromatic heterocycles. The topological polar surface area (TPSA) is 35.5 Å². The van der Waals surface area contributed by atoms with Gasteiger partial charge in [-0.05, 0) is 31.6 Å². The van der Waals surface area contributed by atoms with Crippen LogP contribution in [0.25, 0.3) is 0 Å². The highest BCUT2D eigenvalue weighted by molar-refractivity contribution is 5.75. The van der Waals surface area contributed by atoms with Gasteiger partial charge in [0.05, 0.1) is 13.2 Å². The molecule has 0 spiro atoms. The summed E-state index contributed by atoms with van der Waals surface area (Å²) in [5, 5.41) is 0. The van der Waals surface area contributed by atoms with Crippen molar-refractivity contribution in [3.8, 4) is 0 Å². The summed E-state index contributed by atoms with van der Waals surface area (Å²) in [4.78, 5) is 10.9. The Morgan fingerprint density at radius 3 is 2.65 bits per heavy atom. The second kappa shape index (κ2) is 6.10. The fraction of sp³-hybridized carbons (Fsp3) is 0.750. The summed E-state index contributed by atoms with van der Waals surface area (Å²) in [6.45, 7) is 3.25. The average Bonchev–Trinajstić information content (AvgIpc) is 2.28. The predicted molar refractivity (Wildman–Crippen MR) is 58.6 cm³/mol. The van der Waals surface area contributed by atoms with E-state index in [9.17, 15) is 13.6 Å². The van der Waals surface area contributed by atoms with Gasteiger partial charge in [-0.2, -0.15) is 8.78 Å². The maximum Gasteiger partial charge on any atom is 0.456 e. The van der Waals surface area contributed by atoms with Crippen LogP contribution in [0.4, 0.5) is 8.78 Å². The third kappa shape index (κ3) is 4.07. The summed E-state index contributed by atoms with van der Waals surface area (Å²) in [5.74, 6) is -1.29. The summed E-state index contributed by atoms with van der Waals surface area (Å²) in [6.07, 6.45) is 1.72. The van der Waals surface area contributed by atoms with E-state index in [1.165, 1.54) is 6.92 Å². The van der Waals surface area contributed by atoms with Crippen LogP contribution in [0.3, 0.4) is 0 Å². The Kier molecular flexibility index (Phi) is 5.05. The van der Waals surface area contributed by atoms with Gasteiger partial charge in [-0.15, -0.1) is 0 Å². The number of carbonyl (C=O) groups excluding carboxylic acids is 1. The van der Waals surface area contributed by atoms with Crippen molar-refractivity contribution in [3.63, 3.8) is 0 Å². The number of alkyl halides is 2. The Labute approximate surface area is 99.8 Å². The van der Waals surface area contributed by atoms with Crippen molar-refractivity contribution in [1.82, 2.24) is 0 Å². The molecule has 98 valence electrons. The predicted octanol–water partition coefficient (Wildman–Crippen LogP) is 2.76. The SMILES string of the molecule is CCOC(=O)C(F)(F)OCC1CC=CCC1C. The first-order chi connectivity index (χ1) is 7.97. The van der Waals surface area contributed by atoms with Crippen molar-refractivity contribution < 1.29 is 23.0 Å². The molecule has 0 aromatic carbocycles. The van der Waals surface area contributed by atoms with Crippen LogP contribution in [0.5, 0.6) is 0 Å². The Morgan fingerprint density at radius 1 is 1.41 bits per heavy atom. The van der Waals surface area contributed by atoms with Gasteiger partial charge in [-0.25, -0.2) is 4.79 Å². The molecule has 0 amide bonds. The van der Waals surface area contributed by atoms with E-state index >= 15 is 0 Å². The van der Waals surface area contributed by atoms with Crippen molar-refractivity contribution in [2.75, 3.05) is 13.2 Å². The minimum atomic E-state index is -3.84. The lowest BCUT2D eigenvalue weighted by Crippen LogP contribution is -2.36. The number of halogens is 2. The first-order valence-electron chi connectivity index (χ1n) is 5.81. The lowest BCUT2D eigenvalue weighted by atomic mass is 9.85. The second-order valence-corrected chi connectivity index (χ2v) is 4.23. The summed E-state index contributed by atoms with van der Waals surface area (Å²) in [5.41, 5.74) is 0. The maximum atomic E-state index is 13.2. The Morgan fingerprint density at radius 2 is 2.06 bits per heavy atom. The van der Waals surface area contributed by atoms with E-state index in [1.54, 1.807) is 0 Å². The first kappa shape index (κ1) is 14.1. The van der Waals surface area contributed by atoms with E-state index in [0.717, 1.165) is 6.42 Å². The molecule has 1 aliphatic carbocycles. The average molecular weight is 248 g/mol. The molecule has 0 N–H and O–H groups in total. The number of ether oxygens (including phenoxy) is 2. The molecule has 1 rings (SSSR count). The fourth-order valence-corrected chi connectivity index (χ4v) is 1.72. The molecule has 2 atom stereocenters. The minimum Gasteiger partial charge on any atom is -0.460 e. The zero-order chi connectivity index (χ0) is 12.9. The molecule has 0 saturated heterocycles. The monoisotopic (exact) mass is 248 g/mol. The summed E-state index contributed by atoms with van der Waals surface area (Å²) < 4.78 is 35.0. The van der Waals surface area contributed by atoms with E-state index < -0.39 is 12.1 Å². The van der Waals surface area contributed by atoms with Gasteiger partial charge in [0.1, 0.15) is 0 Å². The molecule has 17 heavy (non-hydrogen) atoms. The zero-order valence-corrected chi connectivity index (χ0v) is 10.1. The molecular weight excluding hydrogens is 230 g/mol. The molecule has 0 saturated carbocycles. The van der Waals surface area contributed by atoms with Gasteiger partial charge in [-0.3, -0.25) is 0 Å². The van der Waals surface area contributed by atoms with Crippen LogP contribution in [0.15, 0.2) is 12.2 Å². The molecular formula is C12H18F2O3. The standard InChI is InChI=1S/C12H18F2O3/c1-3-16-11(15)12(13,14)17-8-10-7-5-4-6-9(10)2/h4-5,9-10H,3,6-8H2,1-2H3. The van der Waals surface area contributed by atoms with Crippen molar-refractivity contribution >= 4 is 5.97 Å². The van der Waals surface area contributed by atoms with Crippen LogP contribution < -0.4 is 0 Å². The Balaban J connectivity index is 2.43. The van der Waals surface area contributed by atoms with Gasteiger partial charge >= 0.3 is 12.1 Å². The second-order valence-electron chi connectivity index (χ2n) is 4.23. The van der Waals surface area contributed by atoms with Gasteiger partial charge < -0.3 is 9.47 Å². The van der Waals surface area contributed by atoms with Gasteiger partial charge in [0.25, 0.3) is 0 Å². The van der Waals surface area contributed by atoms with Crippen molar-refractivity contribution in [1.29, 1.82) is 0 Å². The first-order valence-corrected chi connectivity index (χ1v) is 5.81. The zero-order valence-electron chi connectivity index (χ0n) is 10.1. The van der Waals surface area contributed by atoms with E-state index in [1.807, 2.05) is 19.1 Å². The Hall–Kier alpha value is -0.970. The molecule has 3 nitrogen and oxygen atoms in total. The Bertz CT molecular complexity index is 289. The number of hydrogen-bond donors (Lipinski definition) is 0. The number of rotatable bonds is 5. The maximum absolute atomic E-state index is 13.2. The molecule has 0 aliphatic heterocycles. The summed E-state index contributed by atoms with van der Waals surface area (Å²) in [6, 6.07) is 0. The number of carbonyl (C=O) groups is 1. The molecule has 0 fully saturated rings. The van der Waals surface area contributed by atoms with Gasteiger partial charge in [0.15, 0.2) is 0 Å². The minimum absolute atomic E-state index is 0.0281.